The Morgan fingerprint density at radius 1 is 1.09 bits per heavy atom. The first-order chi connectivity index (χ1) is 11.0. The van der Waals surface area contributed by atoms with E-state index >= 15 is 0 Å². The van der Waals surface area contributed by atoms with Gasteiger partial charge >= 0.3 is 0 Å². The lowest BCUT2D eigenvalue weighted by atomic mass is 10.1. The highest BCUT2D eigenvalue weighted by atomic mass is 19.1. The summed E-state index contributed by atoms with van der Waals surface area (Å²) in [5.74, 6) is -1.80. The molecule has 0 aliphatic heterocycles. The van der Waals surface area contributed by atoms with Crippen molar-refractivity contribution in [3.63, 3.8) is 0 Å². The number of halogens is 2. The van der Waals surface area contributed by atoms with Crippen LogP contribution in [0.1, 0.15) is 18.1 Å². The highest BCUT2D eigenvalue weighted by Crippen LogP contribution is 2.15. The molecule has 1 amide bonds. The minimum Gasteiger partial charge on any atom is -0.322 e. The number of rotatable bonds is 6. The molecule has 0 fully saturated rings. The van der Waals surface area contributed by atoms with Crippen molar-refractivity contribution in [2.45, 2.75) is 19.9 Å². The maximum Gasteiger partial charge on any atom is 0.238 e. The lowest BCUT2D eigenvalue weighted by Gasteiger charge is -2.16. The highest BCUT2D eigenvalue weighted by Gasteiger charge is 2.10. The first-order valence-corrected chi connectivity index (χ1v) is 7.49. The van der Waals surface area contributed by atoms with Crippen LogP contribution in [0.15, 0.2) is 42.5 Å². The summed E-state index contributed by atoms with van der Waals surface area (Å²) in [7, 11) is 1.81. The summed E-state index contributed by atoms with van der Waals surface area (Å²) in [6, 6.07) is 11.3. The van der Waals surface area contributed by atoms with Gasteiger partial charge in [0.1, 0.15) is 11.6 Å². The second kappa shape index (κ2) is 7.83. The molecule has 0 heterocycles. The molecular weight excluding hydrogens is 298 g/mol. The van der Waals surface area contributed by atoms with Crippen molar-refractivity contribution in [2.75, 3.05) is 18.9 Å². The number of hydrogen-bond donors (Lipinski definition) is 1. The summed E-state index contributed by atoms with van der Waals surface area (Å²) in [6.07, 6.45) is 0.988. The fraction of sp³-hybridized carbons (Fsp3) is 0.278. The molecule has 2 aromatic carbocycles. The van der Waals surface area contributed by atoms with Crippen LogP contribution < -0.4 is 5.32 Å². The van der Waals surface area contributed by atoms with Crippen molar-refractivity contribution in [1.29, 1.82) is 0 Å². The molecule has 0 spiro atoms. The molecule has 122 valence electrons. The number of anilines is 1. The molecule has 5 heteroatoms. The van der Waals surface area contributed by atoms with Crippen molar-refractivity contribution in [3.05, 3.63) is 65.2 Å². The Balaban J connectivity index is 1.88. The average Bonchev–Trinajstić information content (AvgIpc) is 2.50. The van der Waals surface area contributed by atoms with Crippen molar-refractivity contribution in [3.8, 4) is 0 Å². The van der Waals surface area contributed by atoms with Gasteiger partial charge in [-0.2, -0.15) is 0 Å². The molecular formula is C18H20F2N2O. The third kappa shape index (κ3) is 5.14. The Labute approximate surface area is 134 Å². The molecule has 0 aliphatic carbocycles. The normalized spacial score (nSPS) is 10.8. The van der Waals surface area contributed by atoms with Gasteiger partial charge in [-0.25, -0.2) is 8.78 Å². The maximum absolute atomic E-state index is 13.5. The van der Waals surface area contributed by atoms with Gasteiger partial charge < -0.3 is 5.32 Å². The molecule has 0 unspecified atom stereocenters. The quantitative estimate of drug-likeness (QED) is 0.882. The van der Waals surface area contributed by atoms with E-state index in [1.54, 1.807) is 0 Å². The minimum absolute atomic E-state index is 0.0166. The van der Waals surface area contributed by atoms with Crippen LogP contribution in [-0.4, -0.2) is 24.4 Å². The van der Waals surface area contributed by atoms with Gasteiger partial charge in [0, 0.05) is 12.6 Å². The molecule has 0 atom stereocenters. The van der Waals surface area contributed by atoms with Crippen LogP contribution in [0.5, 0.6) is 0 Å². The van der Waals surface area contributed by atoms with Gasteiger partial charge in [0.25, 0.3) is 0 Å². The fourth-order valence-corrected chi connectivity index (χ4v) is 2.27. The van der Waals surface area contributed by atoms with Crippen LogP contribution in [-0.2, 0) is 17.8 Å². The standard InChI is InChI=1S/C18H20F2N2O/c1-3-13-4-6-14(7-5-13)11-22(2)12-18(23)21-17-9-8-15(19)10-16(17)20/h4-10H,3,11-12H2,1-2H3,(H,21,23). The van der Waals surface area contributed by atoms with E-state index in [1.165, 1.54) is 11.6 Å². The molecule has 3 nitrogen and oxygen atoms in total. The van der Waals surface area contributed by atoms with E-state index in [0.717, 1.165) is 24.1 Å². The second-order valence-corrected chi connectivity index (χ2v) is 5.51. The van der Waals surface area contributed by atoms with E-state index < -0.39 is 11.6 Å². The van der Waals surface area contributed by atoms with Crippen LogP contribution in [0.3, 0.4) is 0 Å². The van der Waals surface area contributed by atoms with Gasteiger partial charge in [-0.3, -0.25) is 9.69 Å². The third-order valence-electron chi connectivity index (χ3n) is 3.50. The molecule has 1 N–H and O–H groups in total. The molecule has 2 aromatic rings. The van der Waals surface area contributed by atoms with Crippen molar-refractivity contribution in [1.82, 2.24) is 4.90 Å². The van der Waals surface area contributed by atoms with Crippen LogP contribution in [0.2, 0.25) is 0 Å². The molecule has 0 radical (unpaired) electrons. The van der Waals surface area contributed by atoms with Gasteiger partial charge in [-0.1, -0.05) is 31.2 Å². The van der Waals surface area contributed by atoms with Gasteiger partial charge in [0.15, 0.2) is 0 Å². The first kappa shape index (κ1) is 17.1. The van der Waals surface area contributed by atoms with Crippen molar-refractivity contribution in [2.24, 2.45) is 0 Å². The lowest BCUT2D eigenvalue weighted by molar-refractivity contribution is -0.117. The van der Waals surface area contributed by atoms with E-state index in [2.05, 4.69) is 24.4 Å². The summed E-state index contributed by atoms with van der Waals surface area (Å²) >= 11 is 0. The number of likely N-dealkylation sites (N-methyl/N-ethyl adjacent to an activating group) is 1. The van der Waals surface area contributed by atoms with Crippen LogP contribution >= 0.6 is 0 Å². The van der Waals surface area contributed by atoms with Crippen molar-refractivity contribution >= 4 is 11.6 Å². The predicted octanol–water partition coefficient (Wildman–Crippen LogP) is 3.60. The van der Waals surface area contributed by atoms with Gasteiger partial charge in [0.2, 0.25) is 5.91 Å². The molecule has 23 heavy (non-hydrogen) atoms. The second-order valence-electron chi connectivity index (χ2n) is 5.51. The van der Waals surface area contributed by atoms with E-state index in [4.69, 9.17) is 0 Å². The first-order valence-electron chi connectivity index (χ1n) is 7.49. The third-order valence-corrected chi connectivity index (χ3v) is 3.50. The Morgan fingerprint density at radius 2 is 1.74 bits per heavy atom. The fourth-order valence-electron chi connectivity index (χ4n) is 2.27. The molecule has 0 saturated heterocycles. The zero-order valence-electron chi connectivity index (χ0n) is 13.3. The Morgan fingerprint density at radius 3 is 2.35 bits per heavy atom. The summed E-state index contributed by atoms with van der Waals surface area (Å²) in [5.41, 5.74) is 2.35. The lowest BCUT2D eigenvalue weighted by Crippen LogP contribution is -2.30. The predicted molar refractivity (Wildman–Crippen MR) is 87.1 cm³/mol. The zero-order chi connectivity index (χ0) is 16.8. The molecule has 0 bridgehead atoms. The summed E-state index contributed by atoms with van der Waals surface area (Å²) < 4.78 is 26.3. The number of carbonyl (C=O) groups is 1. The summed E-state index contributed by atoms with van der Waals surface area (Å²) in [5, 5.41) is 2.45. The van der Waals surface area contributed by atoms with E-state index in [1.807, 2.05) is 24.1 Å². The van der Waals surface area contributed by atoms with Crippen LogP contribution in [0.4, 0.5) is 14.5 Å². The Kier molecular flexibility index (Phi) is 5.82. The number of nitrogens with zero attached hydrogens (tertiary/aromatic N) is 1. The van der Waals surface area contributed by atoms with Gasteiger partial charge in [-0.05, 0) is 36.7 Å². The molecule has 2 rings (SSSR count). The number of amides is 1. The Hall–Kier alpha value is -2.27. The van der Waals surface area contributed by atoms with Crippen LogP contribution in [0.25, 0.3) is 0 Å². The van der Waals surface area contributed by atoms with Crippen molar-refractivity contribution < 1.29 is 13.6 Å². The average molecular weight is 318 g/mol. The van der Waals surface area contributed by atoms with E-state index in [0.29, 0.717) is 6.54 Å². The Bertz CT molecular complexity index is 671. The number of carbonyl (C=O) groups excluding carboxylic acids is 1. The minimum atomic E-state index is -0.781. The molecule has 0 saturated carbocycles. The molecule has 0 aliphatic rings. The number of nitrogens with one attached hydrogen (secondary N) is 1. The summed E-state index contributed by atoms with van der Waals surface area (Å²) in [6.45, 7) is 2.83. The number of hydrogen-bond acceptors (Lipinski definition) is 2. The largest absolute Gasteiger partial charge is 0.322 e. The highest BCUT2D eigenvalue weighted by molar-refractivity contribution is 5.92. The van der Waals surface area contributed by atoms with E-state index in [9.17, 15) is 13.6 Å². The number of benzene rings is 2. The SMILES string of the molecule is CCc1ccc(CN(C)CC(=O)Nc2ccc(F)cc2F)cc1. The smallest absolute Gasteiger partial charge is 0.238 e. The maximum atomic E-state index is 13.5. The van der Waals surface area contributed by atoms with Gasteiger partial charge in [-0.15, -0.1) is 0 Å². The monoisotopic (exact) mass is 318 g/mol. The summed E-state index contributed by atoms with van der Waals surface area (Å²) in [4.78, 5) is 13.8. The molecule has 0 aromatic heterocycles. The van der Waals surface area contributed by atoms with Gasteiger partial charge in [0.05, 0.1) is 12.2 Å². The zero-order valence-corrected chi connectivity index (χ0v) is 13.3. The number of aryl methyl sites for hydroxylation is 1. The topological polar surface area (TPSA) is 32.3 Å². The van der Waals surface area contributed by atoms with E-state index in [-0.39, 0.29) is 18.1 Å². The van der Waals surface area contributed by atoms with Crippen LogP contribution in [0, 0.1) is 11.6 Å².